The Bertz CT molecular complexity index is 842. The van der Waals surface area contributed by atoms with Gasteiger partial charge in [0.15, 0.2) is 0 Å². The number of aliphatic hydroxyl groups excluding tert-OH is 1. The van der Waals surface area contributed by atoms with Crippen molar-refractivity contribution in [3.8, 4) is 0 Å². The molecule has 1 aromatic carbocycles. The summed E-state index contributed by atoms with van der Waals surface area (Å²) in [5.41, 5.74) is 1.45. The molecule has 0 bridgehead atoms. The van der Waals surface area contributed by atoms with E-state index in [0.29, 0.717) is 5.56 Å². The number of hydrogen-bond donors (Lipinski definition) is 3. The van der Waals surface area contributed by atoms with Crippen molar-refractivity contribution in [1.29, 1.82) is 0 Å². The third-order valence-corrected chi connectivity index (χ3v) is 4.75. The molecule has 0 radical (unpaired) electrons. The largest absolute Gasteiger partial charge is 0.394 e. The predicted molar refractivity (Wildman–Crippen MR) is 108 cm³/mol. The molecule has 29 heavy (non-hydrogen) atoms. The second kappa shape index (κ2) is 9.95. The van der Waals surface area contributed by atoms with Crippen molar-refractivity contribution < 1.29 is 19.4 Å². The number of nitrogens with zero attached hydrogens (tertiary/aromatic N) is 1. The van der Waals surface area contributed by atoms with Crippen molar-refractivity contribution in [2.75, 3.05) is 6.61 Å². The van der Waals surface area contributed by atoms with Crippen molar-refractivity contribution >= 4 is 11.8 Å². The van der Waals surface area contributed by atoms with Gasteiger partial charge in [0.05, 0.1) is 36.8 Å². The van der Waals surface area contributed by atoms with Crippen molar-refractivity contribution in [2.45, 2.75) is 37.6 Å². The number of rotatable bonds is 7. The Kier molecular flexibility index (Phi) is 7.10. The van der Waals surface area contributed by atoms with Crippen LogP contribution >= 0.6 is 0 Å². The Morgan fingerprint density at radius 2 is 1.97 bits per heavy atom. The number of amides is 2. The number of hydrogen-bond acceptors (Lipinski definition) is 5. The van der Waals surface area contributed by atoms with E-state index in [-0.39, 0.29) is 30.9 Å². The summed E-state index contributed by atoms with van der Waals surface area (Å²) in [4.78, 5) is 28.6. The fourth-order valence-corrected chi connectivity index (χ4v) is 3.18. The number of benzene rings is 1. The number of carbonyl (C=O) groups is 2. The van der Waals surface area contributed by atoms with Crippen LogP contribution in [0.1, 0.15) is 35.3 Å². The van der Waals surface area contributed by atoms with Crippen molar-refractivity contribution in [3.05, 3.63) is 78.1 Å². The summed E-state index contributed by atoms with van der Waals surface area (Å²) in [5.74, 6) is -0.451. The zero-order valence-corrected chi connectivity index (χ0v) is 16.2. The van der Waals surface area contributed by atoms with Gasteiger partial charge in [0.2, 0.25) is 5.91 Å². The molecule has 1 aliphatic rings. The van der Waals surface area contributed by atoms with E-state index in [0.717, 1.165) is 5.56 Å². The highest BCUT2D eigenvalue weighted by atomic mass is 16.5. The molecule has 3 N–H and O–H groups in total. The van der Waals surface area contributed by atoms with Gasteiger partial charge in [-0.05, 0) is 24.6 Å². The van der Waals surface area contributed by atoms with Crippen LogP contribution in [0, 0.1) is 0 Å². The fraction of sp³-hybridized carbons (Fsp3) is 0.318. The van der Waals surface area contributed by atoms with Crippen LogP contribution in [-0.2, 0) is 9.53 Å². The maximum atomic E-state index is 12.4. The fourth-order valence-electron chi connectivity index (χ4n) is 3.18. The highest BCUT2D eigenvalue weighted by Gasteiger charge is 2.29. The molecule has 7 heteroatoms. The van der Waals surface area contributed by atoms with Gasteiger partial charge in [0.1, 0.15) is 6.10 Å². The molecule has 1 aromatic heterocycles. The van der Waals surface area contributed by atoms with E-state index >= 15 is 0 Å². The van der Waals surface area contributed by atoms with E-state index in [4.69, 9.17) is 4.74 Å². The standard InChI is InChI=1S/C22H25N3O4/c1-15(16-6-3-2-4-7-16)24-21(27)12-18-9-10-19(20(14-26)29-18)25-22(28)17-8-5-11-23-13-17/h2-11,13,15,18-20,26H,12,14H2,1H3,(H,24,27)(H,25,28)/t15-,18+,19-,20+/m0/s1. The van der Waals surface area contributed by atoms with E-state index < -0.39 is 18.2 Å². The van der Waals surface area contributed by atoms with Gasteiger partial charge in [-0.2, -0.15) is 0 Å². The van der Waals surface area contributed by atoms with E-state index in [1.807, 2.05) is 37.3 Å². The zero-order chi connectivity index (χ0) is 20.6. The first kappa shape index (κ1) is 20.7. The average molecular weight is 395 g/mol. The van der Waals surface area contributed by atoms with Gasteiger partial charge in [-0.3, -0.25) is 14.6 Å². The minimum Gasteiger partial charge on any atom is -0.394 e. The number of ether oxygens (including phenoxy) is 1. The highest BCUT2D eigenvalue weighted by Crippen LogP contribution is 2.17. The molecule has 0 saturated heterocycles. The Morgan fingerprint density at radius 1 is 1.17 bits per heavy atom. The lowest BCUT2D eigenvalue weighted by molar-refractivity contribution is -0.126. The van der Waals surface area contributed by atoms with Gasteiger partial charge in [-0.15, -0.1) is 0 Å². The molecule has 0 saturated carbocycles. The van der Waals surface area contributed by atoms with Crippen LogP contribution < -0.4 is 10.6 Å². The summed E-state index contributed by atoms with van der Waals surface area (Å²) >= 11 is 0. The summed E-state index contributed by atoms with van der Waals surface area (Å²) in [7, 11) is 0. The quantitative estimate of drug-likeness (QED) is 0.621. The smallest absolute Gasteiger partial charge is 0.253 e. The van der Waals surface area contributed by atoms with Crippen molar-refractivity contribution in [2.24, 2.45) is 0 Å². The lowest BCUT2D eigenvalue weighted by atomic mass is 10.0. The first-order valence-corrected chi connectivity index (χ1v) is 9.56. The highest BCUT2D eigenvalue weighted by molar-refractivity contribution is 5.94. The molecule has 0 spiro atoms. The van der Waals surface area contributed by atoms with Crippen LogP contribution in [-0.4, -0.2) is 46.8 Å². The summed E-state index contributed by atoms with van der Waals surface area (Å²) in [5, 5.41) is 15.4. The summed E-state index contributed by atoms with van der Waals surface area (Å²) < 4.78 is 5.81. The molecule has 152 valence electrons. The molecule has 2 heterocycles. The van der Waals surface area contributed by atoms with Crippen molar-refractivity contribution in [1.82, 2.24) is 15.6 Å². The first-order chi connectivity index (χ1) is 14.1. The Labute approximate surface area is 169 Å². The van der Waals surface area contributed by atoms with E-state index in [2.05, 4.69) is 15.6 Å². The van der Waals surface area contributed by atoms with E-state index in [9.17, 15) is 14.7 Å². The zero-order valence-electron chi connectivity index (χ0n) is 16.2. The maximum absolute atomic E-state index is 12.4. The second-order valence-corrected chi connectivity index (χ2v) is 6.93. The van der Waals surface area contributed by atoms with Crippen LogP contribution in [0.15, 0.2) is 67.0 Å². The Morgan fingerprint density at radius 3 is 2.66 bits per heavy atom. The molecule has 0 unspecified atom stereocenters. The van der Waals surface area contributed by atoms with Gasteiger partial charge < -0.3 is 20.5 Å². The second-order valence-electron chi connectivity index (χ2n) is 6.93. The van der Waals surface area contributed by atoms with Crippen LogP contribution in [0.5, 0.6) is 0 Å². The number of pyridine rings is 1. The predicted octanol–water partition coefficient (Wildman–Crippen LogP) is 1.76. The minimum atomic E-state index is -0.634. The Hall–Kier alpha value is -3.03. The Balaban J connectivity index is 1.55. The first-order valence-electron chi connectivity index (χ1n) is 9.56. The van der Waals surface area contributed by atoms with Crippen LogP contribution in [0.25, 0.3) is 0 Å². The number of carbonyl (C=O) groups excluding carboxylic acids is 2. The molecule has 0 fully saturated rings. The van der Waals surface area contributed by atoms with Gasteiger partial charge in [0.25, 0.3) is 5.91 Å². The summed E-state index contributed by atoms with van der Waals surface area (Å²) in [6.45, 7) is 1.65. The lowest BCUT2D eigenvalue weighted by Crippen LogP contribution is -2.49. The average Bonchev–Trinajstić information content (AvgIpc) is 2.75. The molecule has 7 nitrogen and oxygen atoms in total. The third-order valence-electron chi connectivity index (χ3n) is 4.75. The number of aromatic nitrogens is 1. The minimum absolute atomic E-state index is 0.114. The van der Waals surface area contributed by atoms with Crippen LogP contribution in [0.2, 0.25) is 0 Å². The molecule has 3 rings (SSSR count). The number of nitrogens with one attached hydrogen (secondary N) is 2. The van der Waals surface area contributed by atoms with Gasteiger partial charge >= 0.3 is 0 Å². The normalized spacial score (nSPS) is 21.9. The van der Waals surface area contributed by atoms with Crippen LogP contribution in [0.4, 0.5) is 0 Å². The monoisotopic (exact) mass is 395 g/mol. The molecule has 0 aliphatic carbocycles. The van der Waals surface area contributed by atoms with Crippen molar-refractivity contribution in [3.63, 3.8) is 0 Å². The summed E-state index contributed by atoms with van der Waals surface area (Å²) in [6.07, 6.45) is 5.59. The topological polar surface area (TPSA) is 101 Å². The summed E-state index contributed by atoms with van der Waals surface area (Å²) in [6, 6.07) is 12.4. The molecule has 2 amide bonds. The maximum Gasteiger partial charge on any atom is 0.253 e. The van der Waals surface area contributed by atoms with Crippen LogP contribution in [0.3, 0.4) is 0 Å². The molecular weight excluding hydrogens is 370 g/mol. The molecule has 2 aromatic rings. The molecule has 1 aliphatic heterocycles. The SMILES string of the molecule is C[C@H](NC(=O)C[C@H]1C=C[C@H](NC(=O)c2cccnc2)[C@@H](CO)O1)c1ccccc1. The third kappa shape index (κ3) is 5.73. The van der Waals surface area contributed by atoms with Gasteiger partial charge in [-0.1, -0.05) is 42.5 Å². The lowest BCUT2D eigenvalue weighted by Gasteiger charge is -2.31. The van der Waals surface area contributed by atoms with Gasteiger partial charge in [0, 0.05) is 12.4 Å². The number of aliphatic hydroxyl groups is 1. The molecule has 4 atom stereocenters. The van der Waals surface area contributed by atoms with Gasteiger partial charge in [-0.25, -0.2) is 0 Å². The van der Waals surface area contributed by atoms with E-state index in [1.165, 1.54) is 6.20 Å². The van der Waals surface area contributed by atoms with E-state index in [1.54, 1.807) is 30.5 Å². The molecular formula is C22H25N3O4.